The summed E-state index contributed by atoms with van der Waals surface area (Å²) in [6, 6.07) is -0.273. The summed E-state index contributed by atoms with van der Waals surface area (Å²) >= 11 is 0. The Kier molecular flexibility index (Phi) is 6.37. The number of likely N-dealkylation sites (N-methyl/N-ethyl adjacent to an activating group) is 1. The molecule has 1 aliphatic rings. The van der Waals surface area contributed by atoms with Gasteiger partial charge in [-0.25, -0.2) is 0 Å². The zero-order chi connectivity index (χ0) is 11.8. The van der Waals surface area contributed by atoms with Crippen LogP contribution in [0.3, 0.4) is 0 Å². The zero-order valence-electron chi connectivity index (χ0n) is 10.0. The molecule has 0 aromatic carbocycles. The van der Waals surface area contributed by atoms with E-state index < -0.39 is 0 Å². The standard InChI is InChI=1S/C11H21NO4/c1-12-10(11(13)14-2)4-6-16-8-9-3-5-15-7-9/h9-10,12H,3-8H2,1-2H3. The van der Waals surface area contributed by atoms with E-state index in [0.717, 1.165) is 26.2 Å². The van der Waals surface area contributed by atoms with Crippen LogP contribution >= 0.6 is 0 Å². The molecule has 1 heterocycles. The van der Waals surface area contributed by atoms with Gasteiger partial charge in [-0.3, -0.25) is 4.79 Å². The summed E-state index contributed by atoms with van der Waals surface area (Å²) in [5.41, 5.74) is 0. The Morgan fingerprint density at radius 2 is 2.44 bits per heavy atom. The molecule has 1 aliphatic heterocycles. The third-order valence-electron chi connectivity index (χ3n) is 2.76. The van der Waals surface area contributed by atoms with Crippen molar-refractivity contribution in [1.29, 1.82) is 0 Å². The second-order valence-corrected chi connectivity index (χ2v) is 3.96. The molecule has 2 unspecified atom stereocenters. The smallest absolute Gasteiger partial charge is 0.322 e. The molecule has 1 N–H and O–H groups in total. The average Bonchev–Trinajstić information content (AvgIpc) is 2.81. The fourth-order valence-electron chi connectivity index (χ4n) is 1.69. The highest BCUT2D eigenvalue weighted by atomic mass is 16.5. The van der Waals surface area contributed by atoms with Gasteiger partial charge >= 0.3 is 5.97 Å². The van der Waals surface area contributed by atoms with Gasteiger partial charge in [0.05, 0.1) is 20.3 Å². The van der Waals surface area contributed by atoms with Crippen molar-refractivity contribution >= 4 is 5.97 Å². The molecule has 1 rings (SSSR count). The summed E-state index contributed by atoms with van der Waals surface area (Å²) in [6.07, 6.45) is 1.71. The van der Waals surface area contributed by atoms with Gasteiger partial charge in [-0.1, -0.05) is 0 Å². The number of hydrogen-bond donors (Lipinski definition) is 1. The fourth-order valence-corrected chi connectivity index (χ4v) is 1.69. The average molecular weight is 231 g/mol. The molecule has 0 spiro atoms. The minimum Gasteiger partial charge on any atom is -0.468 e. The number of rotatable bonds is 7. The van der Waals surface area contributed by atoms with Gasteiger partial charge in [-0.05, 0) is 19.9 Å². The van der Waals surface area contributed by atoms with Gasteiger partial charge in [0, 0.05) is 19.1 Å². The number of ether oxygens (including phenoxy) is 3. The van der Waals surface area contributed by atoms with E-state index in [2.05, 4.69) is 10.1 Å². The van der Waals surface area contributed by atoms with Crippen LogP contribution in [0.15, 0.2) is 0 Å². The Balaban J connectivity index is 2.06. The highest BCUT2D eigenvalue weighted by Crippen LogP contribution is 2.12. The number of carbonyl (C=O) groups excluding carboxylic acids is 1. The molecule has 5 nitrogen and oxygen atoms in total. The van der Waals surface area contributed by atoms with E-state index >= 15 is 0 Å². The van der Waals surface area contributed by atoms with Gasteiger partial charge in [0.15, 0.2) is 0 Å². The summed E-state index contributed by atoms with van der Waals surface area (Å²) in [7, 11) is 3.13. The quantitative estimate of drug-likeness (QED) is 0.501. The monoisotopic (exact) mass is 231 g/mol. The summed E-state index contributed by atoms with van der Waals surface area (Å²) in [5, 5.41) is 2.90. The molecule has 5 heteroatoms. The van der Waals surface area contributed by atoms with Gasteiger partial charge in [-0.15, -0.1) is 0 Å². The van der Waals surface area contributed by atoms with Crippen LogP contribution in [0.5, 0.6) is 0 Å². The molecular weight excluding hydrogens is 210 g/mol. The number of methoxy groups -OCH3 is 1. The van der Waals surface area contributed by atoms with Crippen LogP contribution in [0.1, 0.15) is 12.8 Å². The van der Waals surface area contributed by atoms with Crippen molar-refractivity contribution in [1.82, 2.24) is 5.32 Å². The van der Waals surface area contributed by atoms with Crippen molar-refractivity contribution in [3.8, 4) is 0 Å². The Labute approximate surface area is 96.4 Å². The molecule has 1 fully saturated rings. The summed E-state index contributed by atoms with van der Waals surface area (Å²) in [4.78, 5) is 11.2. The molecule has 0 amide bonds. The van der Waals surface area contributed by atoms with E-state index in [1.54, 1.807) is 7.05 Å². The Morgan fingerprint density at radius 3 is 3.00 bits per heavy atom. The molecular formula is C11H21NO4. The largest absolute Gasteiger partial charge is 0.468 e. The Hall–Kier alpha value is -0.650. The van der Waals surface area contributed by atoms with E-state index in [1.807, 2.05) is 0 Å². The van der Waals surface area contributed by atoms with E-state index in [9.17, 15) is 4.79 Å². The van der Waals surface area contributed by atoms with E-state index in [4.69, 9.17) is 9.47 Å². The Bertz CT molecular complexity index is 204. The van der Waals surface area contributed by atoms with Crippen LogP contribution in [-0.4, -0.2) is 52.6 Å². The Morgan fingerprint density at radius 1 is 1.62 bits per heavy atom. The second kappa shape index (κ2) is 7.60. The van der Waals surface area contributed by atoms with Gasteiger partial charge < -0.3 is 19.5 Å². The summed E-state index contributed by atoms with van der Waals surface area (Å²) in [5.74, 6) is 0.279. The molecule has 94 valence electrons. The molecule has 0 bridgehead atoms. The molecule has 1 saturated heterocycles. The zero-order valence-corrected chi connectivity index (χ0v) is 10.0. The maximum Gasteiger partial charge on any atom is 0.322 e. The van der Waals surface area contributed by atoms with Crippen molar-refractivity contribution in [3.05, 3.63) is 0 Å². The van der Waals surface area contributed by atoms with Crippen LogP contribution in [0.4, 0.5) is 0 Å². The first-order valence-corrected chi connectivity index (χ1v) is 5.68. The van der Waals surface area contributed by atoms with Crippen LogP contribution in [-0.2, 0) is 19.0 Å². The van der Waals surface area contributed by atoms with E-state index in [-0.39, 0.29) is 12.0 Å². The SMILES string of the molecule is CNC(CCOCC1CCOC1)C(=O)OC. The number of esters is 1. The minimum atomic E-state index is -0.273. The maximum absolute atomic E-state index is 11.2. The normalized spacial score (nSPS) is 22.0. The van der Waals surface area contributed by atoms with Crippen molar-refractivity contribution in [2.75, 3.05) is 40.6 Å². The first-order chi connectivity index (χ1) is 7.77. The fraction of sp³-hybridized carbons (Fsp3) is 0.909. The molecule has 16 heavy (non-hydrogen) atoms. The maximum atomic E-state index is 11.2. The van der Waals surface area contributed by atoms with E-state index in [0.29, 0.717) is 18.9 Å². The van der Waals surface area contributed by atoms with Crippen LogP contribution in [0.25, 0.3) is 0 Å². The first kappa shape index (κ1) is 13.4. The number of hydrogen-bond acceptors (Lipinski definition) is 5. The molecule has 2 atom stereocenters. The van der Waals surface area contributed by atoms with E-state index in [1.165, 1.54) is 7.11 Å². The van der Waals surface area contributed by atoms with Crippen LogP contribution < -0.4 is 5.32 Å². The number of nitrogens with one attached hydrogen (secondary N) is 1. The molecule has 0 aliphatic carbocycles. The van der Waals surface area contributed by atoms with Gasteiger partial charge in [0.25, 0.3) is 0 Å². The second-order valence-electron chi connectivity index (χ2n) is 3.96. The molecule has 0 saturated carbocycles. The third-order valence-corrected chi connectivity index (χ3v) is 2.76. The number of carbonyl (C=O) groups is 1. The van der Waals surface area contributed by atoms with Crippen molar-refractivity contribution < 1.29 is 19.0 Å². The lowest BCUT2D eigenvalue weighted by molar-refractivity contribution is -0.143. The van der Waals surface area contributed by atoms with Crippen molar-refractivity contribution in [2.24, 2.45) is 5.92 Å². The van der Waals surface area contributed by atoms with Crippen molar-refractivity contribution in [3.63, 3.8) is 0 Å². The summed E-state index contributed by atoms with van der Waals surface area (Å²) < 4.78 is 15.4. The van der Waals surface area contributed by atoms with Gasteiger partial charge in [0.1, 0.15) is 6.04 Å². The van der Waals surface area contributed by atoms with Crippen molar-refractivity contribution in [2.45, 2.75) is 18.9 Å². The lowest BCUT2D eigenvalue weighted by atomic mass is 10.1. The summed E-state index contributed by atoms with van der Waals surface area (Å²) in [6.45, 7) is 2.93. The molecule has 0 aromatic heterocycles. The third kappa shape index (κ3) is 4.47. The predicted octanol–water partition coefficient (Wildman–Crippen LogP) is 0.191. The highest BCUT2D eigenvalue weighted by Gasteiger charge is 2.18. The lowest BCUT2D eigenvalue weighted by Crippen LogP contribution is -2.36. The lowest BCUT2D eigenvalue weighted by Gasteiger charge is -2.14. The topological polar surface area (TPSA) is 56.8 Å². The van der Waals surface area contributed by atoms with Gasteiger partial charge in [-0.2, -0.15) is 0 Å². The molecule has 0 aromatic rings. The molecule has 0 radical (unpaired) electrons. The predicted molar refractivity (Wildman–Crippen MR) is 59.2 cm³/mol. The minimum absolute atomic E-state index is 0.240. The van der Waals surface area contributed by atoms with Crippen LogP contribution in [0.2, 0.25) is 0 Å². The highest BCUT2D eigenvalue weighted by molar-refractivity contribution is 5.75. The van der Waals surface area contributed by atoms with Crippen LogP contribution in [0, 0.1) is 5.92 Å². The first-order valence-electron chi connectivity index (χ1n) is 5.68. The van der Waals surface area contributed by atoms with Gasteiger partial charge in [0.2, 0.25) is 0 Å².